The van der Waals surface area contributed by atoms with Crippen molar-refractivity contribution in [1.82, 2.24) is 0 Å². The van der Waals surface area contributed by atoms with E-state index >= 15 is 0 Å². The molecular formula is C6H15NaO3. The fourth-order valence-electron chi connectivity index (χ4n) is 0.429. The van der Waals surface area contributed by atoms with Crippen LogP contribution in [-0.2, 0) is 9.47 Å². The molecule has 0 aliphatic rings. The summed E-state index contributed by atoms with van der Waals surface area (Å²) in [4.78, 5) is 0. The summed E-state index contributed by atoms with van der Waals surface area (Å²) in [5.41, 5.74) is 0. The van der Waals surface area contributed by atoms with Crippen LogP contribution in [0, 0.1) is 0 Å². The van der Waals surface area contributed by atoms with Gasteiger partial charge in [0.25, 0.3) is 0 Å². The molecule has 0 aliphatic heterocycles. The van der Waals surface area contributed by atoms with E-state index in [9.17, 15) is 0 Å². The molecule has 0 aromatic heterocycles. The van der Waals surface area contributed by atoms with Crippen LogP contribution in [0.3, 0.4) is 0 Å². The first-order valence-corrected chi connectivity index (χ1v) is 3.18. The van der Waals surface area contributed by atoms with Crippen LogP contribution in [0.15, 0.2) is 0 Å². The monoisotopic (exact) mass is 158 g/mol. The van der Waals surface area contributed by atoms with E-state index in [1.807, 2.05) is 6.92 Å². The van der Waals surface area contributed by atoms with Gasteiger partial charge >= 0.3 is 29.6 Å². The van der Waals surface area contributed by atoms with Crippen LogP contribution in [0.2, 0.25) is 0 Å². The van der Waals surface area contributed by atoms with Crippen molar-refractivity contribution >= 4 is 29.6 Å². The van der Waals surface area contributed by atoms with E-state index in [1.165, 1.54) is 0 Å². The van der Waals surface area contributed by atoms with Gasteiger partial charge in [-0.3, -0.25) is 0 Å². The number of aliphatic hydroxyl groups excluding tert-OH is 1. The Hall–Kier alpha value is 0.880. The van der Waals surface area contributed by atoms with Gasteiger partial charge in [-0.15, -0.1) is 0 Å². The Morgan fingerprint density at radius 2 is 1.70 bits per heavy atom. The van der Waals surface area contributed by atoms with Gasteiger partial charge in [0.1, 0.15) is 0 Å². The quantitative estimate of drug-likeness (QED) is 0.414. The molecule has 58 valence electrons. The van der Waals surface area contributed by atoms with Gasteiger partial charge in [-0.25, -0.2) is 0 Å². The first-order chi connectivity index (χ1) is 4.41. The van der Waals surface area contributed by atoms with Gasteiger partial charge in [0.2, 0.25) is 0 Å². The molecule has 0 fully saturated rings. The summed E-state index contributed by atoms with van der Waals surface area (Å²) in [6, 6.07) is 0. The van der Waals surface area contributed by atoms with Gasteiger partial charge in [0.05, 0.1) is 26.4 Å². The SMILES string of the molecule is CCOCCOCCO.[NaH]. The number of ether oxygens (including phenoxy) is 2. The first kappa shape index (κ1) is 13.5. The molecule has 0 amide bonds. The van der Waals surface area contributed by atoms with E-state index in [0.29, 0.717) is 19.8 Å². The fraction of sp³-hybridized carbons (Fsp3) is 1.00. The maximum absolute atomic E-state index is 8.26. The summed E-state index contributed by atoms with van der Waals surface area (Å²) in [7, 11) is 0. The molecule has 0 rings (SSSR count). The number of hydrogen-bond acceptors (Lipinski definition) is 3. The average Bonchev–Trinajstić information content (AvgIpc) is 1.89. The minimum absolute atomic E-state index is 0. The van der Waals surface area contributed by atoms with Crippen LogP contribution in [-0.4, -0.2) is 67.7 Å². The summed E-state index contributed by atoms with van der Waals surface area (Å²) in [6.45, 7) is 4.36. The van der Waals surface area contributed by atoms with Crippen molar-refractivity contribution in [1.29, 1.82) is 0 Å². The van der Waals surface area contributed by atoms with E-state index in [0.717, 1.165) is 6.61 Å². The Labute approximate surface area is 84.0 Å². The zero-order valence-electron chi connectivity index (χ0n) is 5.80. The predicted octanol–water partition coefficient (Wildman–Crippen LogP) is -0.617. The summed E-state index contributed by atoms with van der Waals surface area (Å²) in [5.74, 6) is 0. The third-order valence-electron chi connectivity index (χ3n) is 0.812. The van der Waals surface area contributed by atoms with Crippen LogP contribution < -0.4 is 0 Å². The van der Waals surface area contributed by atoms with E-state index in [1.54, 1.807) is 0 Å². The van der Waals surface area contributed by atoms with Crippen molar-refractivity contribution in [3.05, 3.63) is 0 Å². The van der Waals surface area contributed by atoms with E-state index in [-0.39, 0.29) is 36.2 Å². The van der Waals surface area contributed by atoms with Crippen LogP contribution in [0.4, 0.5) is 0 Å². The molecule has 0 saturated heterocycles. The molecule has 0 heterocycles. The van der Waals surface area contributed by atoms with Gasteiger partial charge in [0.15, 0.2) is 0 Å². The molecule has 0 aromatic carbocycles. The molecule has 0 spiro atoms. The van der Waals surface area contributed by atoms with Crippen molar-refractivity contribution in [3.63, 3.8) is 0 Å². The molecule has 0 saturated carbocycles. The molecule has 0 atom stereocenters. The van der Waals surface area contributed by atoms with Gasteiger partial charge in [-0.1, -0.05) is 0 Å². The third-order valence-corrected chi connectivity index (χ3v) is 0.812. The summed E-state index contributed by atoms with van der Waals surface area (Å²) < 4.78 is 9.88. The van der Waals surface area contributed by atoms with Gasteiger partial charge in [0, 0.05) is 6.61 Å². The molecule has 4 heteroatoms. The molecule has 0 unspecified atom stereocenters. The normalized spacial score (nSPS) is 9.00. The summed E-state index contributed by atoms with van der Waals surface area (Å²) >= 11 is 0. The Balaban J connectivity index is 0. The second kappa shape index (κ2) is 12.5. The van der Waals surface area contributed by atoms with E-state index in [2.05, 4.69) is 0 Å². The Morgan fingerprint density at radius 3 is 2.20 bits per heavy atom. The molecule has 0 aliphatic carbocycles. The molecule has 0 aromatic rings. The van der Waals surface area contributed by atoms with Gasteiger partial charge in [-0.05, 0) is 6.92 Å². The minimum atomic E-state index is 0. The molecule has 3 nitrogen and oxygen atoms in total. The second-order valence-electron chi connectivity index (χ2n) is 1.53. The zero-order chi connectivity index (χ0) is 6.95. The van der Waals surface area contributed by atoms with Gasteiger partial charge in [-0.2, -0.15) is 0 Å². The summed E-state index contributed by atoms with van der Waals surface area (Å²) in [6.07, 6.45) is 0. The van der Waals surface area contributed by atoms with Crippen molar-refractivity contribution in [2.45, 2.75) is 6.92 Å². The maximum atomic E-state index is 8.26. The molecule has 0 bridgehead atoms. The Kier molecular flexibility index (Phi) is 16.9. The molecule has 10 heavy (non-hydrogen) atoms. The van der Waals surface area contributed by atoms with Gasteiger partial charge < -0.3 is 14.6 Å². The number of hydrogen-bond donors (Lipinski definition) is 1. The van der Waals surface area contributed by atoms with E-state index in [4.69, 9.17) is 14.6 Å². The molecular weight excluding hydrogens is 143 g/mol. The predicted molar refractivity (Wildman–Crippen MR) is 41.5 cm³/mol. The Bertz CT molecular complexity index is 46.3. The average molecular weight is 158 g/mol. The van der Waals surface area contributed by atoms with E-state index < -0.39 is 0 Å². The standard InChI is InChI=1S/C6H14O3.Na.H/c1-2-8-5-6-9-4-3-7;;/h7H,2-6H2,1H3;;. The van der Waals surface area contributed by atoms with Crippen LogP contribution in [0.1, 0.15) is 6.92 Å². The van der Waals surface area contributed by atoms with Crippen molar-refractivity contribution in [2.75, 3.05) is 33.0 Å². The third kappa shape index (κ3) is 11.6. The topological polar surface area (TPSA) is 38.7 Å². The van der Waals surface area contributed by atoms with Crippen LogP contribution >= 0.6 is 0 Å². The molecule has 1 N–H and O–H groups in total. The van der Waals surface area contributed by atoms with Crippen molar-refractivity contribution < 1.29 is 14.6 Å². The fourth-order valence-corrected chi connectivity index (χ4v) is 0.429. The number of rotatable bonds is 6. The first-order valence-electron chi connectivity index (χ1n) is 3.18. The van der Waals surface area contributed by atoms with Crippen molar-refractivity contribution in [2.24, 2.45) is 0 Å². The van der Waals surface area contributed by atoms with Crippen LogP contribution in [0.25, 0.3) is 0 Å². The Morgan fingerprint density at radius 1 is 1.10 bits per heavy atom. The zero-order valence-corrected chi connectivity index (χ0v) is 5.80. The summed E-state index contributed by atoms with van der Waals surface area (Å²) in [5, 5.41) is 8.26. The number of aliphatic hydroxyl groups is 1. The van der Waals surface area contributed by atoms with Crippen LogP contribution in [0.5, 0.6) is 0 Å². The van der Waals surface area contributed by atoms with Crippen molar-refractivity contribution in [3.8, 4) is 0 Å². The molecule has 0 radical (unpaired) electrons. The second-order valence-corrected chi connectivity index (χ2v) is 1.53.